The Bertz CT molecular complexity index is 493. The zero-order valence-corrected chi connectivity index (χ0v) is 13.2. The van der Waals surface area contributed by atoms with E-state index in [1.807, 2.05) is 37.4 Å². The molecular formula is C17H26N4O. The Labute approximate surface area is 132 Å². The summed E-state index contributed by atoms with van der Waals surface area (Å²) in [5.74, 6) is 1.44. The van der Waals surface area contributed by atoms with E-state index in [9.17, 15) is 4.79 Å². The third-order valence-corrected chi connectivity index (χ3v) is 4.82. The Morgan fingerprint density at radius 1 is 1.32 bits per heavy atom. The van der Waals surface area contributed by atoms with E-state index in [1.54, 1.807) is 0 Å². The van der Waals surface area contributed by atoms with Crippen molar-refractivity contribution in [3.8, 4) is 0 Å². The fourth-order valence-electron chi connectivity index (χ4n) is 3.80. The van der Waals surface area contributed by atoms with E-state index in [2.05, 4.69) is 21.1 Å². The molecule has 0 aromatic heterocycles. The molecule has 1 amide bonds. The number of para-hydroxylation sites is 1. The minimum atomic E-state index is 0.0542. The smallest absolute Gasteiger partial charge is 0.238 e. The molecule has 3 N–H and O–H groups in total. The molecule has 3 unspecified atom stereocenters. The van der Waals surface area contributed by atoms with Crippen LogP contribution in [0.1, 0.15) is 19.3 Å². The lowest BCUT2D eigenvalue weighted by molar-refractivity contribution is -0.117. The molecule has 0 bridgehead atoms. The van der Waals surface area contributed by atoms with Crippen molar-refractivity contribution in [3.05, 3.63) is 30.3 Å². The maximum absolute atomic E-state index is 12.1. The molecule has 1 aromatic carbocycles. The van der Waals surface area contributed by atoms with Gasteiger partial charge in [-0.25, -0.2) is 0 Å². The van der Waals surface area contributed by atoms with Gasteiger partial charge in [-0.3, -0.25) is 20.5 Å². The van der Waals surface area contributed by atoms with E-state index in [0.29, 0.717) is 18.5 Å². The second-order valence-corrected chi connectivity index (χ2v) is 6.61. The van der Waals surface area contributed by atoms with E-state index < -0.39 is 0 Å². The van der Waals surface area contributed by atoms with Crippen molar-refractivity contribution in [3.63, 3.8) is 0 Å². The van der Waals surface area contributed by atoms with E-state index in [0.717, 1.165) is 24.7 Å². The lowest BCUT2D eigenvalue weighted by Crippen LogP contribution is -2.46. The summed E-state index contributed by atoms with van der Waals surface area (Å²) in [5.41, 5.74) is 7.58. The second-order valence-electron chi connectivity index (χ2n) is 6.61. The van der Waals surface area contributed by atoms with Crippen LogP contribution >= 0.6 is 0 Å². The third kappa shape index (κ3) is 3.85. The molecule has 1 saturated carbocycles. The molecule has 3 rings (SSSR count). The first kappa shape index (κ1) is 15.5. The van der Waals surface area contributed by atoms with E-state index >= 15 is 0 Å². The van der Waals surface area contributed by atoms with Gasteiger partial charge in [-0.05, 0) is 43.9 Å². The van der Waals surface area contributed by atoms with Gasteiger partial charge in [0.25, 0.3) is 0 Å². The summed E-state index contributed by atoms with van der Waals surface area (Å²) >= 11 is 0. The van der Waals surface area contributed by atoms with Gasteiger partial charge in [-0.1, -0.05) is 24.6 Å². The fraction of sp³-hybridized carbons (Fsp3) is 0.588. The van der Waals surface area contributed by atoms with Gasteiger partial charge in [-0.15, -0.1) is 0 Å². The van der Waals surface area contributed by atoms with Crippen molar-refractivity contribution >= 4 is 11.6 Å². The molecule has 2 aliphatic rings. The molecule has 0 radical (unpaired) electrons. The van der Waals surface area contributed by atoms with Gasteiger partial charge in [0, 0.05) is 24.8 Å². The Morgan fingerprint density at radius 2 is 2.14 bits per heavy atom. The first-order valence-corrected chi connectivity index (χ1v) is 8.24. The van der Waals surface area contributed by atoms with Crippen molar-refractivity contribution in [1.29, 1.82) is 0 Å². The van der Waals surface area contributed by atoms with Crippen LogP contribution in [0.5, 0.6) is 0 Å². The maximum atomic E-state index is 12.1. The maximum Gasteiger partial charge on any atom is 0.238 e. The molecule has 120 valence electrons. The highest BCUT2D eigenvalue weighted by molar-refractivity contribution is 5.92. The van der Waals surface area contributed by atoms with Crippen LogP contribution in [0.25, 0.3) is 0 Å². The summed E-state index contributed by atoms with van der Waals surface area (Å²) in [7, 11) is 2.04. The average molecular weight is 302 g/mol. The van der Waals surface area contributed by atoms with Crippen LogP contribution in [-0.2, 0) is 4.79 Å². The number of hydrogen-bond donors (Lipinski definition) is 3. The number of likely N-dealkylation sites (N-methyl/N-ethyl adjacent to an activating group) is 1. The molecule has 2 fully saturated rings. The summed E-state index contributed by atoms with van der Waals surface area (Å²) in [4.78, 5) is 14.3. The summed E-state index contributed by atoms with van der Waals surface area (Å²) in [5, 5.41) is 2.95. The van der Waals surface area contributed by atoms with Crippen LogP contribution in [0.15, 0.2) is 30.3 Å². The SMILES string of the molecule is CN(CC(=O)Nc1ccccc1)CC1CCCC2CNNC21. The number of carbonyl (C=O) groups excluding carboxylic acids is 1. The Kier molecular flexibility index (Phi) is 5.08. The molecule has 5 nitrogen and oxygen atoms in total. The number of benzene rings is 1. The van der Waals surface area contributed by atoms with Gasteiger partial charge in [0.15, 0.2) is 0 Å². The molecule has 1 heterocycles. The number of amides is 1. The molecule has 1 saturated heterocycles. The van der Waals surface area contributed by atoms with Gasteiger partial charge < -0.3 is 5.32 Å². The zero-order chi connectivity index (χ0) is 15.4. The van der Waals surface area contributed by atoms with Gasteiger partial charge in [0.1, 0.15) is 0 Å². The molecule has 5 heteroatoms. The zero-order valence-electron chi connectivity index (χ0n) is 13.2. The average Bonchev–Trinajstić information content (AvgIpc) is 2.97. The van der Waals surface area contributed by atoms with Crippen LogP contribution in [0.2, 0.25) is 0 Å². The Hall–Kier alpha value is -1.43. The summed E-state index contributed by atoms with van der Waals surface area (Å²) in [6.07, 6.45) is 3.87. The van der Waals surface area contributed by atoms with E-state index in [1.165, 1.54) is 19.3 Å². The lowest BCUT2D eigenvalue weighted by Gasteiger charge is -2.35. The van der Waals surface area contributed by atoms with Crippen molar-refractivity contribution < 1.29 is 4.79 Å². The molecule has 1 aliphatic heterocycles. The van der Waals surface area contributed by atoms with Crippen LogP contribution in [-0.4, -0.2) is 43.5 Å². The van der Waals surface area contributed by atoms with Crippen molar-refractivity contribution in [2.75, 3.05) is 32.0 Å². The van der Waals surface area contributed by atoms with Crippen LogP contribution in [0.4, 0.5) is 5.69 Å². The monoisotopic (exact) mass is 302 g/mol. The first-order valence-electron chi connectivity index (χ1n) is 8.24. The lowest BCUT2D eigenvalue weighted by atomic mass is 9.78. The summed E-state index contributed by atoms with van der Waals surface area (Å²) in [6.45, 7) is 2.49. The molecule has 0 spiro atoms. The van der Waals surface area contributed by atoms with Crippen LogP contribution in [0, 0.1) is 11.8 Å². The standard InChI is InChI=1S/C17H26N4O/c1-21(12-16(22)19-15-8-3-2-4-9-15)11-14-7-5-6-13-10-18-20-17(13)14/h2-4,8-9,13-14,17-18,20H,5-7,10-12H2,1H3,(H,19,22). The molecule has 1 aromatic rings. The summed E-state index contributed by atoms with van der Waals surface area (Å²) < 4.78 is 0. The number of nitrogens with one attached hydrogen (secondary N) is 3. The number of fused-ring (bicyclic) bond motifs is 1. The highest BCUT2D eigenvalue weighted by atomic mass is 16.2. The van der Waals surface area contributed by atoms with E-state index in [-0.39, 0.29) is 5.91 Å². The van der Waals surface area contributed by atoms with Crippen molar-refractivity contribution in [1.82, 2.24) is 15.8 Å². The third-order valence-electron chi connectivity index (χ3n) is 4.82. The van der Waals surface area contributed by atoms with Gasteiger partial charge in [-0.2, -0.15) is 0 Å². The van der Waals surface area contributed by atoms with Crippen molar-refractivity contribution in [2.24, 2.45) is 11.8 Å². The molecule has 1 aliphatic carbocycles. The molecule has 3 atom stereocenters. The number of hydrogen-bond acceptors (Lipinski definition) is 4. The molecule has 22 heavy (non-hydrogen) atoms. The fourth-order valence-corrected chi connectivity index (χ4v) is 3.80. The van der Waals surface area contributed by atoms with Gasteiger partial charge in [0.2, 0.25) is 5.91 Å². The van der Waals surface area contributed by atoms with Gasteiger partial charge in [0.05, 0.1) is 6.54 Å². The Balaban J connectivity index is 1.47. The molecular weight excluding hydrogens is 276 g/mol. The normalized spacial score (nSPS) is 27.6. The number of rotatable bonds is 5. The summed E-state index contributed by atoms with van der Waals surface area (Å²) in [6, 6.07) is 10.2. The highest BCUT2D eigenvalue weighted by Crippen LogP contribution is 2.31. The number of carbonyl (C=O) groups is 1. The highest BCUT2D eigenvalue weighted by Gasteiger charge is 2.36. The minimum Gasteiger partial charge on any atom is -0.325 e. The predicted octanol–water partition coefficient (Wildman–Crippen LogP) is 1.45. The van der Waals surface area contributed by atoms with E-state index in [4.69, 9.17) is 0 Å². The number of nitrogens with zero attached hydrogens (tertiary/aromatic N) is 1. The number of anilines is 1. The van der Waals surface area contributed by atoms with Gasteiger partial charge >= 0.3 is 0 Å². The van der Waals surface area contributed by atoms with Crippen LogP contribution < -0.4 is 16.2 Å². The predicted molar refractivity (Wildman–Crippen MR) is 88.3 cm³/mol. The van der Waals surface area contributed by atoms with Crippen molar-refractivity contribution in [2.45, 2.75) is 25.3 Å². The second kappa shape index (κ2) is 7.22. The van der Waals surface area contributed by atoms with Crippen LogP contribution in [0.3, 0.4) is 0 Å². The largest absolute Gasteiger partial charge is 0.325 e. The quantitative estimate of drug-likeness (QED) is 0.770. The number of hydrazine groups is 1. The topological polar surface area (TPSA) is 56.4 Å². The first-order chi connectivity index (χ1) is 10.7. The minimum absolute atomic E-state index is 0.0542. The Morgan fingerprint density at radius 3 is 2.95 bits per heavy atom.